The molecule has 5 nitrogen and oxygen atoms in total. The van der Waals surface area contributed by atoms with Crippen LogP contribution in [0.5, 0.6) is 0 Å². The van der Waals surface area contributed by atoms with Gasteiger partial charge in [0.2, 0.25) is 0 Å². The summed E-state index contributed by atoms with van der Waals surface area (Å²) in [5, 5.41) is 8.64. The largest absolute Gasteiger partial charge is 0.359 e. The van der Waals surface area contributed by atoms with Crippen LogP contribution < -0.4 is 5.73 Å². The van der Waals surface area contributed by atoms with Crippen molar-refractivity contribution in [2.75, 3.05) is 0 Å². The number of aromatic nitrogens is 3. The first-order chi connectivity index (χ1) is 7.19. The van der Waals surface area contributed by atoms with Crippen LogP contribution in [0.1, 0.15) is 17.1 Å². The minimum atomic E-state index is 0.377. The molecule has 0 amide bonds. The second-order valence-electron chi connectivity index (χ2n) is 3.25. The van der Waals surface area contributed by atoms with Gasteiger partial charge in [-0.25, -0.2) is 0 Å². The lowest BCUT2D eigenvalue weighted by Crippen LogP contribution is -1.99. The van der Waals surface area contributed by atoms with Crippen molar-refractivity contribution in [1.29, 1.82) is 0 Å². The van der Waals surface area contributed by atoms with Gasteiger partial charge in [0, 0.05) is 18.8 Å². The van der Waals surface area contributed by atoms with Gasteiger partial charge in [0.25, 0.3) is 0 Å². The summed E-state index contributed by atoms with van der Waals surface area (Å²) in [4.78, 5) is 0. The van der Waals surface area contributed by atoms with Crippen molar-refractivity contribution in [3.05, 3.63) is 34.4 Å². The molecule has 0 aliphatic heterocycles. The van der Waals surface area contributed by atoms with E-state index in [0.717, 1.165) is 17.1 Å². The van der Waals surface area contributed by atoms with E-state index in [0.29, 0.717) is 18.1 Å². The third-order valence-electron chi connectivity index (χ3n) is 2.02. The lowest BCUT2D eigenvalue weighted by Gasteiger charge is -1.94. The minimum absolute atomic E-state index is 0.377. The molecule has 2 aromatic rings. The molecule has 0 bridgehead atoms. The van der Waals surface area contributed by atoms with E-state index >= 15 is 0 Å². The Morgan fingerprint density at radius 1 is 1.60 bits per heavy atom. The van der Waals surface area contributed by atoms with Crippen LogP contribution >= 0.6 is 11.6 Å². The molecule has 2 rings (SSSR count). The van der Waals surface area contributed by atoms with E-state index in [-0.39, 0.29) is 0 Å². The van der Waals surface area contributed by atoms with Crippen LogP contribution in [-0.4, -0.2) is 14.9 Å². The van der Waals surface area contributed by atoms with Gasteiger partial charge in [0.1, 0.15) is 6.54 Å². The van der Waals surface area contributed by atoms with Crippen molar-refractivity contribution in [2.24, 2.45) is 5.73 Å². The summed E-state index contributed by atoms with van der Waals surface area (Å²) in [7, 11) is 0. The molecule has 6 heteroatoms. The van der Waals surface area contributed by atoms with Crippen molar-refractivity contribution < 1.29 is 4.52 Å². The Morgan fingerprint density at radius 3 is 2.93 bits per heavy atom. The monoisotopic (exact) mass is 226 g/mol. The molecular weight excluding hydrogens is 216 g/mol. The number of aryl methyl sites for hydroxylation is 1. The van der Waals surface area contributed by atoms with Gasteiger partial charge in [-0.3, -0.25) is 4.68 Å². The third kappa shape index (κ3) is 2.19. The summed E-state index contributed by atoms with van der Waals surface area (Å²) >= 11 is 5.88. The molecule has 0 atom stereocenters. The molecule has 0 aliphatic carbocycles. The maximum Gasteiger partial charge on any atom is 0.158 e. The molecule has 15 heavy (non-hydrogen) atoms. The summed E-state index contributed by atoms with van der Waals surface area (Å²) in [6, 6.07) is 1.81. The molecule has 0 spiro atoms. The first-order valence-corrected chi connectivity index (χ1v) is 4.91. The van der Waals surface area contributed by atoms with Crippen LogP contribution in [0.15, 0.2) is 16.8 Å². The zero-order valence-electron chi connectivity index (χ0n) is 8.27. The van der Waals surface area contributed by atoms with E-state index in [1.807, 2.05) is 13.0 Å². The third-order valence-corrected chi connectivity index (χ3v) is 2.39. The Balaban J connectivity index is 2.14. The Kier molecular flexibility index (Phi) is 2.75. The van der Waals surface area contributed by atoms with Crippen molar-refractivity contribution in [1.82, 2.24) is 14.9 Å². The summed E-state index contributed by atoms with van der Waals surface area (Å²) in [6.45, 7) is 2.74. The van der Waals surface area contributed by atoms with E-state index < -0.39 is 0 Å². The van der Waals surface area contributed by atoms with E-state index in [9.17, 15) is 0 Å². The fourth-order valence-electron chi connectivity index (χ4n) is 1.26. The van der Waals surface area contributed by atoms with Crippen molar-refractivity contribution in [2.45, 2.75) is 20.0 Å². The van der Waals surface area contributed by atoms with Crippen LogP contribution in [0.3, 0.4) is 0 Å². The highest BCUT2D eigenvalue weighted by Crippen LogP contribution is 2.13. The quantitative estimate of drug-likeness (QED) is 0.858. The number of nitrogens with zero attached hydrogens (tertiary/aromatic N) is 3. The number of nitrogens with two attached hydrogens (primary N) is 1. The molecule has 2 N–H and O–H groups in total. The highest BCUT2D eigenvalue weighted by Gasteiger charge is 2.06. The number of rotatable bonds is 3. The Hall–Kier alpha value is -1.33. The van der Waals surface area contributed by atoms with Gasteiger partial charge in [-0.2, -0.15) is 5.10 Å². The highest BCUT2D eigenvalue weighted by molar-refractivity contribution is 6.31. The van der Waals surface area contributed by atoms with Crippen LogP contribution in [0.4, 0.5) is 0 Å². The molecule has 2 aromatic heterocycles. The fourth-order valence-corrected chi connectivity index (χ4v) is 1.41. The van der Waals surface area contributed by atoms with Crippen LogP contribution in [0, 0.1) is 6.92 Å². The lowest BCUT2D eigenvalue weighted by molar-refractivity contribution is 0.366. The average molecular weight is 227 g/mol. The first-order valence-electron chi connectivity index (χ1n) is 4.53. The van der Waals surface area contributed by atoms with Crippen LogP contribution in [-0.2, 0) is 13.1 Å². The molecule has 0 radical (unpaired) electrons. The highest BCUT2D eigenvalue weighted by atomic mass is 35.5. The zero-order valence-corrected chi connectivity index (χ0v) is 9.03. The standard InChI is InChI=1S/C9H11ClN4O/c1-6-9(10)5-14(12-6)4-8-2-7(3-11)13-15-8/h2,5H,3-4,11H2,1H3. The van der Waals surface area contributed by atoms with E-state index in [4.69, 9.17) is 21.9 Å². The molecule has 0 aromatic carbocycles. The summed E-state index contributed by atoms with van der Waals surface area (Å²) < 4.78 is 6.78. The van der Waals surface area contributed by atoms with Gasteiger partial charge in [0.15, 0.2) is 5.76 Å². The average Bonchev–Trinajstić information content (AvgIpc) is 2.76. The first kappa shape index (κ1) is 10.2. The van der Waals surface area contributed by atoms with Gasteiger partial charge >= 0.3 is 0 Å². The maximum absolute atomic E-state index is 5.88. The van der Waals surface area contributed by atoms with Gasteiger partial charge in [-0.1, -0.05) is 16.8 Å². The van der Waals surface area contributed by atoms with Gasteiger partial charge in [0.05, 0.1) is 16.4 Å². The second kappa shape index (κ2) is 4.04. The van der Waals surface area contributed by atoms with Crippen molar-refractivity contribution >= 4 is 11.6 Å². The smallest absolute Gasteiger partial charge is 0.158 e. The Morgan fingerprint density at radius 2 is 2.40 bits per heavy atom. The molecule has 2 heterocycles. The molecule has 0 unspecified atom stereocenters. The fraction of sp³-hybridized carbons (Fsp3) is 0.333. The molecule has 0 saturated heterocycles. The Labute approximate surface area is 91.8 Å². The lowest BCUT2D eigenvalue weighted by atomic mass is 10.3. The summed E-state index contributed by atoms with van der Waals surface area (Å²) in [5.41, 5.74) is 6.96. The molecule has 0 fully saturated rings. The number of hydrogen-bond donors (Lipinski definition) is 1. The number of halogens is 1. The van der Waals surface area contributed by atoms with Crippen LogP contribution in [0.2, 0.25) is 5.02 Å². The van der Waals surface area contributed by atoms with Gasteiger partial charge in [-0.15, -0.1) is 0 Å². The Bertz CT molecular complexity index is 443. The molecule has 0 aliphatic rings. The van der Waals surface area contributed by atoms with Gasteiger partial charge < -0.3 is 10.3 Å². The topological polar surface area (TPSA) is 69.9 Å². The normalized spacial score (nSPS) is 10.9. The molecular formula is C9H11ClN4O. The predicted molar refractivity (Wildman–Crippen MR) is 55.5 cm³/mol. The van der Waals surface area contributed by atoms with Crippen LogP contribution in [0.25, 0.3) is 0 Å². The van der Waals surface area contributed by atoms with Gasteiger partial charge in [-0.05, 0) is 6.92 Å². The molecule has 0 saturated carbocycles. The summed E-state index contributed by atoms with van der Waals surface area (Å²) in [5.74, 6) is 0.717. The summed E-state index contributed by atoms with van der Waals surface area (Å²) in [6.07, 6.45) is 1.75. The zero-order chi connectivity index (χ0) is 10.8. The predicted octanol–water partition coefficient (Wildman–Crippen LogP) is 1.34. The van der Waals surface area contributed by atoms with E-state index in [1.165, 1.54) is 0 Å². The SMILES string of the molecule is Cc1nn(Cc2cc(CN)no2)cc1Cl. The van der Waals surface area contributed by atoms with Crippen molar-refractivity contribution in [3.8, 4) is 0 Å². The molecule has 80 valence electrons. The number of hydrogen-bond acceptors (Lipinski definition) is 4. The second-order valence-corrected chi connectivity index (χ2v) is 3.66. The van der Waals surface area contributed by atoms with Crippen molar-refractivity contribution in [3.63, 3.8) is 0 Å². The minimum Gasteiger partial charge on any atom is -0.359 e. The van der Waals surface area contributed by atoms with E-state index in [2.05, 4.69) is 10.3 Å². The van der Waals surface area contributed by atoms with E-state index in [1.54, 1.807) is 10.9 Å². The maximum atomic E-state index is 5.88.